The molecule has 0 bridgehead atoms. The highest BCUT2D eigenvalue weighted by Crippen LogP contribution is 2.30. The van der Waals surface area contributed by atoms with Gasteiger partial charge in [-0.05, 0) is 24.3 Å². The zero-order chi connectivity index (χ0) is 21.0. The first-order chi connectivity index (χ1) is 13.9. The molecule has 0 unspecified atom stereocenters. The smallest absolute Gasteiger partial charge is 0.387 e. The fourth-order valence-corrected chi connectivity index (χ4v) is 2.99. The summed E-state index contributed by atoms with van der Waals surface area (Å²) in [4.78, 5) is 30.6. The molecule has 1 aliphatic heterocycles. The van der Waals surface area contributed by atoms with E-state index in [9.17, 15) is 23.7 Å². The number of alkyl halides is 2. The molecule has 0 atom stereocenters. The van der Waals surface area contributed by atoms with Crippen LogP contribution in [0.3, 0.4) is 0 Å². The van der Waals surface area contributed by atoms with Crippen molar-refractivity contribution in [2.75, 3.05) is 38.2 Å². The van der Waals surface area contributed by atoms with Crippen LogP contribution in [0, 0.1) is 10.1 Å². The van der Waals surface area contributed by atoms with Crippen molar-refractivity contribution in [3.63, 3.8) is 0 Å². The van der Waals surface area contributed by atoms with Gasteiger partial charge in [-0.3, -0.25) is 14.9 Å². The summed E-state index contributed by atoms with van der Waals surface area (Å²) in [6.45, 7) is -1.17. The highest BCUT2D eigenvalue weighted by Gasteiger charge is 2.24. The summed E-state index contributed by atoms with van der Waals surface area (Å²) in [5, 5.41) is 10.7. The Balaban J connectivity index is 1.64. The lowest BCUT2D eigenvalue weighted by Crippen LogP contribution is -2.49. The number of aromatic nitrogens is 1. The molecule has 2 aromatic rings. The molecule has 154 valence electrons. The van der Waals surface area contributed by atoms with Crippen LogP contribution in [0.4, 0.5) is 20.3 Å². The topological polar surface area (TPSA) is 98.0 Å². The lowest BCUT2D eigenvalue weighted by atomic mass is 10.1. The Morgan fingerprint density at radius 2 is 1.90 bits per heavy atom. The number of hydrogen-bond acceptors (Lipinski definition) is 7. The van der Waals surface area contributed by atoms with E-state index in [1.807, 2.05) is 4.90 Å². The third-order valence-corrected chi connectivity index (χ3v) is 4.46. The fourth-order valence-electron chi connectivity index (χ4n) is 2.99. The zero-order valence-electron chi connectivity index (χ0n) is 15.5. The molecule has 3 rings (SSSR count). The second-order valence-electron chi connectivity index (χ2n) is 6.16. The van der Waals surface area contributed by atoms with E-state index >= 15 is 0 Å². The van der Waals surface area contributed by atoms with Gasteiger partial charge in [-0.15, -0.1) is 0 Å². The minimum atomic E-state index is -2.99. The number of carbonyl (C=O) groups is 1. The third kappa shape index (κ3) is 4.68. The SMILES string of the molecule is COc1cc(C(=O)N2CCN(c3ccc([N+](=O)[O-])cn3)CC2)ccc1OC(F)F. The molecule has 1 fully saturated rings. The molecule has 0 N–H and O–H groups in total. The number of benzene rings is 1. The molecule has 11 heteroatoms. The van der Waals surface area contributed by atoms with Crippen LogP contribution in [0.2, 0.25) is 0 Å². The molecule has 0 radical (unpaired) electrons. The van der Waals surface area contributed by atoms with Crippen LogP contribution in [0.5, 0.6) is 11.5 Å². The number of piperazine rings is 1. The van der Waals surface area contributed by atoms with Gasteiger partial charge >= 0.3 is 6.61 Å². The maximum absolute atomic E-state index is 12.7. The molecular formula is C18H18F2N4O5. The molecule has 0 spiro atoms. The number of nitro groups is 1. The van der Waals surface area contributed by atoms with Gasteiger partial charge in [-0.2, -0.15) is 8.78 Å². The van der Waals surface area contributed by atoms with E-state index in [-0.39, 0.29) is 23.1 Å². The van der Waals surface area contributed by atoms with Crippen LogP contribution < -0.4 is 14.4 Å². The Labute approximate surface area is 164 Å². The van der Waals surface area contributed by atoms with Crippen LogP contribution in [-0.2, 0) is 0 Å². The van der Waals surface area contributed by atoms with E-state index in [1.54, 1.807) is 11.0 Å². The molecule has 0 aliphatic carbocycles. The predicted molar refractivity (Wildman–Crippen MR) is 98.6 cm³/mol. The van der Waals surface area contributed by atoms with Crippen molar-refractivity contribution in [1.29, 1.82) is 0 Å². The van der Waals surface area contributed by atoms with E-state index in [0.717, 1.165) is 0 Å². The molecule has 0 saturated carbocycles. The van der Waals surface area contributed by atoms with Crippen molar-refractivity contribution < 1.29 is 28.0 Å². The molecule has 29 heavy (non-hydrogen) atoms. The van der Waals surface area contributed by atoms with Crippen molar-refractivity contribution in [3.8, 4) is 11.5 Å². The van der Waals surface area contributed by atoms with E-state index < -0.39 is 11.5 Å². The Morgan fingerprint density at radius 3 is 2.45 bits per heavy atom. The summed E-state index contributed by atoms with van der Waals surface area (Å²) in [5.74, 6) is 0.235. The van der Waals surface area contributed by atoms with Crippen LogP contribution >= 0.6 is 0 Å². The van der Waals surface area contributed by atoms with Crippen LogP contribution in [0.15, 0.2) is 36.5 Å². The minimum absolute atomic E-state index is 0.0462. The number of halogens is 2. The Morgan fingerprint density at radius 1 is 1.17 bits per heavy atom. The van der Waals surface area contributed by atoms with Gasteiger partial charge in [0.25, 0.3) is 11.6 Å². The van der Waals surface area contributed by atoms with Crippen LogP contribution in [0.1, 0.15) is 10.4 Å². The Hall–Kier alpha value is -3.50. The lowest BCUT2D eigenvalue weighted by molar-refractivity contribution is -0.385. The second-order valence-corrected chi connectivity index (χ2v) is 6.16. The molecule has 1 saturated heterocycles. The number of amides is 1. The number of rotatable bonds is 6. The summed E-state index contributed by atoms with van der Waals surface area (Å²) < 4.78 is 34.3. The summed E-state index contributed by atoms with van der Waals surface area (Å²) in [6.07, 6.45) is 1.20. The lowest BCUT2D eigenvalue weighted by Gasteiger charge is -2.35. The zero-order valence-corrected chi connectivity index (χ0v) is 15.5. The van der Waals surface area contributed by atoms with Crippen LogP contribution in [-0.4, -0.2) is 60.6 Å². The number of ether oxygens (including phenoxy) is 2. The van der Waals surface area contributed by atoms with Crippen molar-refractivity contribution >= 4 is 17.4 Å². The van der Waals surface area contributed by atoms with Gasteiger partial charge in [0, 0.05) is 37.8 Å². The van der Waals surface area contributed by atoms with Gasteiger partial charge in [0.1, 0.15) is 12.0 Å². The van der Waals surface area contributed by atoms with Gasteiger partial charge in [0.15, 0.2) is 11.5 Å². The first kappa shape index (κ1) is 20.2. The standard InChI is InChI=1S/C18H18F2N4O5/c1-28-15-10-12(2-4-14(15)29-18(19)20)17(25)23-8-6-22(7-9-23)16-5-3-13(11-21-16)24(26)27/h2-5,10-11,18H,6-9H2,1H3. The van der Waals surface area contributed by atoms with Crippen molar-refractivity contribution in [1.82, 2.24) is 9.88 Å². The first-order valence-corrected chi connectivity index (χ1v) is 8.66. The number of hydrogen-bond donors (Lipinski definition) is 0. The monoisotopic (exact) mass is 408 g/mol. The normalized spacial score (nSPS) is 14.1. The van der Waals surface area contributed by atoms with E-state index in [0.29, 0.717) is 37.6 Å². The van der Waals surface area contributed by atoms with E-state index in [1.165, 1.54) is 37.6 Å². The van der Waals surface area contributed by atoms with E-state index in [4.69, 9.17) is 4.74 Å². The van der Waals surface area contributed by atoms with Gasteiger partial charge in [0.05, 0.1) is 12.0 Å². The molecule has 1 aromatic heterocycles. The Kier molecular flexibility index (Phi) is 6.05. The largest absolute Gasteiger partial charge is 0.493 e. The van der Waals surface area contributed by atoms with Gasteiger partial charge in [-0.25, -0.2) is 4.98 Å². The third-order valence-electron chi connectivity index (χ3n) is 4.46. The molecule has 1 aromatic carbocycles. The summed E-state index contributed by atoms with van der Waals surface area (Å²) in [5.41, 5.74) is 0.209. The minimum Gasteiger partial charge on any atom is -0.493 e. The number of carbonyl (C=O) groups excluding carboxylic acids is 1. The average Bonchev–Trinajstić information content (AvgIpc) is 2.73. The van der Waals surface area contributed by atoms with Crippen LogP contribution in [0.25, 0.3) is 0 Å². The van der Waals surface area contributed by atoms with Crippen molar-refractivity contribution in [2.24, 2.45) is 0 Å². The molecule has 9 nitrogen and oxygen atoms in total. The summed E-state index contributed by atoms with van der Waals surface area (Å²) in [6, 6.07) is 7.00. The molecule has 2 heterocycles. The highest BCUT2D eigenvalue weighted by atomic mass is 19.3. The number of anilines is 1. The maximum Gasteiger partial charge on any atom is 0.387 e. The molecule has 1 amide bonds. The van der Waals surface area contributed by atoms with Crippen molar-refractivity contribution in [3.05, 3.63) is 52.2 Å². The maximum atomic E-state index is 12.7. The number of methoxy groups -OCH3 is 1. The van der Waals surface area contributed by atoms with E-state index in [2.05, 4.69) is 9.72 Å². The van der Waals surface area contributed by atoms with Crippen molar-refractivity contribution in [2.45, 2.75) is 6.61 Å². The second kappa shape index (κ2) is 8.67. The number of nitrogens with zero attached hydrogens (tertiary/aromatic N) is 4. The van der Waals surface area contributed by atoms with Gasteiger partial charge < -0.3 is 19.3 Å². The predicted octanol–water partition coefficient (Wildman–Crippen LogP) is 2.56. The number of pyridine rings is 1. The molecular weight excluding hydrogens is 390 g/mol. The summed E-state index contributed by atoms with van der Waals surface area (Å²) >= 11 is 0. The van der Waals surface area contributed by atoms with Gasteiger partial charge in [0.2, 0.25) is 0 Å². The fraction of sp³-hybridized carbons (Fsp3) is 0.333. The van der Waals surface area contributed by atoms with Gasteiger partial charge in [-0.1, -0.05) is 0 Å². The first-order valence-electron chi connectivity index (χ1n) is 8.66. The Bertz CT molecular complexity index is 886. The quantitative estimate of drug-likeness (QED) is 0.535. The summed E-state index contributed by atoms with van der Waals surface area (Å²) in [7, 11) is 1.30. The average molecular weight is 408 g/mol. The molecule has 1 aliphatic rings. The highest BCUT2D eigenvalue weighted by molar-refractivity contribution is 5.95.